The van der Waals surface area contributed by atoms with E-state index >= 15 is 0 Å². The van der Waals surface area contributed by atoms with E-state index in [1.807, 2.05) is 13.8 Å². The average Bonchev–Trinajstić information content (AvgIpc) is 2.87. The van der Waals surface area contributed by atoms with Gasteiger partial charge in [0.1, 0.15) is 5.69 Å². The molecule has 0 N–H and O–H groups in total. The summed E-state index contributed by atoms with van der Waals surface area (Å²) in [6.07, 6.45) is 1.57. The summed E-state index contributed by atoms with van der Waals surface area (Å²) in [6.45, 7) is 3.92. The number of hydrogen-bond acceptors (Lipinski definition) is 4. The van der Waals surface area contributed by atoms with Gasteiger partial charge in [-0.1, -0.05) is 13.8 Å². The fourth-order valence-electron chi connectivity index (χ4n) is 2.31. The highest BCUT2D eigenvalue weighted by molar-refractivity contribution is 7.10. The van der Waals surface area contributed by atoms with Crippen LogP contribution in [-0.4, -0.2) is 15.8 Å². The molecule has 1 aliphatic rings. The Morgan fingerprint density at radius 3 is 2.81 bits per heavy atom. The van der Waals surface area contributed by atoms with Gasteiger partial charge in [-0.15, -0.1) is 11.3 Å². The quantitative estimate of drug-likeness (QED) is 0.702. The predicted octanol–water partition coefficient (Wildman–Crippen LogP) is 3.23. The third kappa shape index (κ3) is 2.72. The second-order valence-corrected chi connectivity index (χ2v) is 6.49. The van der Waals surface area contributed by atoms with Crippen molar-refractivity contribution >= 4 is 17.1 Å². The molecular weight excluding hydrogens is 287 g/mol. The third-order valence-corrected chi connectivity index (χ3v) is 4.32. The summed E-state index contributed by atoms with van der Waals surface area (Å²) in [6, 6.07) is 3.52. The van der Waals surface area contributed by atoms with Gasteiger partial charge in [0.25, 0.3) is 0 Å². The van der Waals surface area contributed by atoms with Crippen molar-refractivity contribution in [3.63, 3.8) is 0 Å². The molecule has 2 aromatic rings. The summed E-state index contributed by atoms with van der Waals surface area (Å²) in [5, 5.41) is 1.73. The number of carbonyl (C=O) groups excluding carboxylic acids is 1. The maximum Gasteiger partial charge on any atom is 0.224 e. The molecule has 21 heavy (non-hydrogen) atoms. The Morgan fingerprint density at radius 2 is 2.10 bits per heavy atom. The van der Waals surface area contributed by atoms with Crippen LogP contribution in [0.1, 0.15) is 47.0 Å². The summed E-state index contributed by atoms with van der Waals surface area (Å²) < 4.78 is 12.8. The molecule has 1 aliphatic carbocycles. The van der Waals surface area contributed by atoms with Gasteiger partial charge >= 0.3 is 0 Å². The summed E-state index contributed by atoms with van der Waals surface area (Å²) in [5.41, 5.74) is 1.76. The monoisotopic (exact) mass is 300 g/mol. The molecule has 2 heterocycles. The normalized spacial score (nSPS) is 16.0. The molecule has 0 radical (unpaired) electrons. The molecule has 106 valence electrons. The first-order valence-electron chi connectivity index (χ1n) is 6.63. The molecule has 0 bridgehead atoms. The van der Waals surface area contributed by atoms with Gasteiger partial charge in [-0.25, -0.2) is 4.98 Å². The largest absolute Gasteiger partial charge is 0.294 e. The van der Waals surface area contributed by atoms with Crippen LogP contribution in [0.15, 0.2) is 17.5 Å². The summed E-state index contributed by atoms with van der Waals surface area (Å²) >= 11 is 1.16. The van der Waals surface area contributed by atoms with Crippen LogP contribution in [0.3, 0.4) is 0 Å². The number of hydrogen-bond donors (Lipinski definition) is 0. The van der Waals surface area contributed by atoms with Gasteiger partial charge in [0.15, 0.2) is 10.8 Å². The van der Waals surface area contributed by atoms with Crippen molar-refractivity contribution < 1.29 is 9.18 Å². The van der Waals surface area contributed by atoms with E-state index in [0.29, 0.717) is 16.3 Å². The maximum atomic E-state index is 12.8. The van der Waals surface area contributed by atoms with Crippen molar-refractivity contribution in [3.05, 3.63) is 45.4 Å². The lowest BCUT2D eigenvalue weighted by molar-refractivity contribution is 0.0809. The maximum absolute atomic E-state index is 12.8. The number of aryl methyl sites for hydroxylation is 1. The number of carbonyl (C=O) groups is 1. The minimum atomic E-state index is -0.518. The fraction of sp³-hybridized carbons (Fsp3) is 0.312. The zero-order valence-corrected chi connectivity index (χ0v) is 12.6. The smallest absolute Gasteiger partial charge is 0.224 e. The van der Waals surface area contributed by atoms with Crippen LogP contribution < -0.4 is 0 Å². The number of nitrogens with zero attached hydrogens (tertiary/aromatic N) is 2. The van der Waals surface area contributed by atoms with Gasteiger partial charge in [0.2, 0.25) is 5.95 Å². The second-order valence-electron chi connectivity index (χ2n) is 5.63. The molecule has 3 rings (SSSR count). The van der Waals surface area contributed by atoms with Crippen LogP contribution in [0.2, 0.25) is 0 Å². The zero-order valence-electron chi connectivity index (χ0n) is 11.7. The van der Waals surface area contributed by atoms with Crippen molar-refractivity contribution in [2.45, 2.75) is 26.7 Å². The molecule has 2 aromatic heterocycles. The topological polar surface area (TPSA) is 42.9 Å². The Hall–Kier alpha value is -2.06. The van der Waals surface area contributed by atoms with Crippen molar-refractivity contribution in [1.82, 2.24) is 9.97 Å². The average molecular weight is 300 g/mol. The number of fused-ring (bicyclic) bond motifs is 1. The molecule has 5 heteroatoms. The van der Waals surface area contributed by atoms with E-state index in [0.717, 1.165) is 29.9 Å². The Kier molecular flexibility index (Phi) is 3.34. The van der Waals surface area contributed by atoms with E-state index in [2.05, 4.69) is 21.8 Å². The van der Waals surface area contributed by atoms with Crippen LogP contribution in [0.5, 0.6) is 0 Å². The number of Topliss-reactive ketones (excluding diaryl/α,β-unsaturated/α-hetero) is 1. The van der Waals surface area contributed by atoms with Crippen molar-refractivity contribution in [1.29, 1.82) is 0 Å². The molecule has 0 spiro atoms. The van der Waals surface area contributed by atoms with Crippen LogP contribution in [0.4, 0.5) is 4.39 Å². The van der Waals surface area contributed by atoms with Crippen molar-refractivity contribution in [2.75, 3.05) is 0 Å². The summed E-state index contributed by atoms with van der Waals surface area (Å²) in [5.74, 6) is 5.27. The molecule has 0 atom stereocenters. The fourth-order valence-corrected chi connectivity index (χ4v) is 2.82. The minimum absolute atomic E-state index is 0.137. The predicted molar refractivity (Wildman–Crippen MR) is 78.7 cm³/mol. The number of halogens is 1. The first-order valence-corrected chi connectivity index (χ1v) is 7.51. The Labute approximate surface area is 126 Å². The van der Waals surface area contributed by atoms with E-state index in [1.54, 1.807) is 12.1 Å². The van der Waals surface area contributed by atoms with E-state index < -0.39 is 5.95 Å². The lowest BCUT2D eigenvalue weighted by Crippen LogP contribution is -2.31. The van der Waals surface area contributed by atoms with Crippen LogP contribution in [0, 0.1) is 23.2 Å². The SMILES string of the molecule is CC1(C)CCc2nc(C#Cc3nc(F)cs3)ccc2C1=O. The molecule has 0 saturated carbocycles. The van der Waals surface area contributed by atoms with Gasteiger partial charge in [0.05, 0.1) is 5.69 Å². The van der Waals surface area contributed by atoms with Crippen LogP contribution in [0.25, 0.3) is 0 Å². The summed E-state index contributed by atoms with van der Waals surface area (Å²) in [4.78, 5) is 20.4. The highest BCUT2D eigenvalue weighted by Crippen LogP contribution is 2.33. The molecule has 0 fully saturated rings. The first-order chi connectivity index (χ1) is 9.95. The van der Waals surface area contributed by atoms with E-state index in [1.165, 1.54) is 5.38 Å². The van der Waals surface area contributed by atoms with Crippen molar-refractivity contribution in [2.24, 2.45) is 5.41 Å². The molecule has 0 aliphatic heterocycles. The third-order valence-electron chi connectivity index (χ3n) is 3.59. The highest BCUT2D eigenvalue weighted by Gasteiger charge is 2.34. The second kappa shape index (κ2) is 5.05. The number of rotatable bonds is 0. The highest BCUT2D eigenvalue weighted by atomic mass is 32.1. The molecule has 3 nitrogen and oxygen atoms in total. The van der Waals surface area contributed by atoms with E-state index in [9.17, 15) is 9.18 Å². The number of pyridine rings is 1. The lowest BCUT2D eigenvalue weighted by atomic mass is 9.75. The van der Waals surface area contributed by atoms with Gasteiger partial charge in [-0.05, 0) is 36.8 Å². The molecule has 0 saturated heterocycles. The molecule has 0 unspecified atom stereocenters. The van der Waals surface area contributed by atoms with Crippen LogP contribution in [-0.2, 0) is 6.42 Å². The van der Waals surface area contributed by atoms with Gasteiger partial charge in [-0.2, -0.15) is 9.37 Å². The standard InChI is InChI=1S/C16H13FN2OS/c1-16(2)8-7-12-11(15(16)20)5-3-10(18-12)4-6-14-19-13(17)9-21-14/h3,5,9H,7-8H2,1-2H3. The van der Waals surface area contributed by atoms with Gasteiger partial charge < -0.3 is 0 Å². The number of ketones is 1. The van der Waals surface area contributed by atoms with Crippen LogP contribution >= 0.6 is 11.3 Å². The molecule has 0 aromatic carbocycles. The van der Waals surface area contributed by atoms with Gasteiger partial charge in [-0.3, -0.25) is 4.79 Å². The van der Waals surface area contributed by atoms with E-state index in [4.69, 9.17) is 0 Å². The summed E-state index contributed by atoms with van der Waals surface area (Å²) in [7, 11) is 0. The van der Waals surface area contributed by atoms with Gasteiger partial charge in [0, 0.05) is 16.4 Å². The Bertz CT molecular complexity index is 783. The van der Waals surface area contributed by atoms with E-state index in [-0.39, 0.29) is 11.2 Å². The lowest BCUT2D eigenvalue weighted by Gasteiger charge is -2.28. The zero-order chi connectivity index (χ0) is 15.0. The van der Waals surface area contributed by atoms with Crippen molar-refractivity contribution in [3.8, 4) is 11.8 Å². The Balaban J connectivity index is 1.91. The minimum Gasteiger partial charge on any atom is -0.294 e. The number of aromatic nitrogens is 2. The number of thiazole rings is 1. The Morgan fingerprint density at radius 1 is 1.29 bits per heavy atom. The molecule has 0 amide bonds. The first kappa shape index (κ1) is 13.9. The molecular formula is C16H13FN2OS.